The molecule has 1 amide bonds. The first-order chi connectivity index (χ1) is 10.6. The lowest BCUT2D eigenvalue weighted by atomic mass is 9.75. The van der Waals surface area contributed by atoms with Gasteiger partial charge in [0.15, 0.2) is 0 Å². The number of nitrogens with one attached hydrogen (secondary N) is 1. The normalized spacial score (nSPS) is 28.5. The molecule has 0 aliphatic carbocycles. The Labute approximate surface area is 131 Å². The molecule has 6 heteroatoms. The van der Waals surface area contributed by atoms with Gasteiger partial charge >= 0.3 is 0 Å². The van der Waals surface area contributed by atoms with E-state index >= 15 is 0 Å². The zero-order valence-corrected chi connectivity index (χ0v) is 13.7. The number of hydrogen-bond acceptors (Lipinski definition) is 4. The maximum absolute atomic E-state index is 13.0. The molecule has 1 aromatic rings. The van der Waals surface area contributed by atoms with E-state index in [1.165, 1.54) is 0 Å². The fraction of sp³-hybridized carbons (Fsp3) is 0.750. The minimum atomic E-state index is -0.316. The van der Waals surface area contributed by atoms with Gasteiger partial charge in [0.1, 0.15) is 0 Å². The zero-order valence-electron chi connectivity index (χ0n) is 13.7. The van der Waals surface area contributed by atoms with Crippen molar-refractivity contribution in [2.24, 2.45) is 5.41 Å². The molecule has 0 unspecified atom stereocenters. The molecule has 2 saturated heterocycles. The van der Waals surface area contributed by atoms with Gasteiger partial charge in [-0.2, -0.15) is 0 Å². The Bertz CT molecular complexity index is 542. The highest BCUT2D eigenvalue weighted by molar-refractivity contribution is 5.86. The number of amides is 1. The van der Waals surface area contributed by atoms with Crippen LogP contribution in [0.4, 0.5) is 0 Å². The van der Waals surface area contributed by atoms with Gasteiger partial charge in [-0.15, -0.1) is 0 Å². The van der Waals surface area contributed by atoms with Gasteiger partial charge in [0.2, 0.25) is 5.91 Å². The van der Waals surface area contributed by atoms with E-state index in [0.29, 0.717) is 19.2 Å². The van der Waals surface area contributed by atoms with Crippen molar-refractivity contribution < 1.29 is 9.53 Å². The lowest BCUT2D eigenvalue weighted by Gasteiger charge is -2.27. The van der Waals surface area contributed by atoms with Crippen LogP contribution in [0.1, 0.15) is 37.9 Å². The van der Waals surface area contributed by atoms with E-state index in [-0.39, 0.29) is 17.2 Å². The molecule has 0 aromatic carbocycles. The average molecular weight is 306 g/mol. The SMILES string of the molecule is COCCN1CC[C@]2(CNC[C@H]2c2cn(C(C)C)cn2)C1=O. The van der Waals surface area contributed by atoms with E-state index in [9.17, 15) is 4.79 Å². The van der Waals surface area contributed by atoms with Crippen LogP contribution >= 0.6 is 0 Å². The van der Waals surface area contributed by atoms with Crippen LogP contribution in [0.5, 0.6) is 0 Å². The molecule has 1 N–H and O–H groups in total. The van der Waals surface area contributed by atoms with Crippen molar-refractivity contribution in [3.05, 3.63) is 18.2 Å². The first kappa shape index (κ1) is 15.5. The highest BCUT2D eigenvalue weighted by atomic mass is 16.5. The summed E-state index contributed by atoms with van der Waals surface area (Å²) in [6.45, 7) is 7.98. The summed E-state index contributed by atoms with van der Waals surface area (Å²) < 4.78 is 7.23. The number of likely N-dealkylation sites (tertiary alicyclic amines) is 1. The quantitative estimate of drug-likeness (QED) is 0.882. The first-order valence-electron chi connectivity index (χ1n) is 8.11. The Balaban J connectivity index is 1.81. The second-order valence-electron chi connectivity index (χ2n) is 6.71. The number of aromatic nitrogens is 2. The maximum atomic E-state index is 13.0. The molecule has 122 valence electrons. The molecule has 0 radical (unpaired) electrons. The van der Waals surface area contributed by atoms with Gasteiger partial charge < -0.3 is 19.5 Å². The van der Waals surface area contributed by atoms with Crippen LogP contribution in [0.25, 0.3) is 0 Å². The predicted octanol–water partition coefficient (Wildman–Crippen LogP) is 1.02. The summed E-state index contributed by atoms with van der Waals surface area (Å²) in [4.78, 5) is 19.5. The van der Waals surface area contributed by atoms with Crippen molar-refractivity contribution >= 4 is 5.91 Å². The van der Waals surface area contributed by atoms with Crippen molar-refractivity contribution in [3.8, 4) is 0 Å². The van der Waals surface area contributed by atoms with Gasteiger partial charge in [-0.05, 0) is 20.3 Å². The van der Waals surface area contributed by atoms with Gasteiger partial charge in [0.05, 0.1) is 24.0 Å². The summed E-state index contributed by atoms with van der Waals surface area (Å²) in [6, 6.07) is 0.393. The second-order valence-corrected chi connectivity index (χ2v) is 6.71. The lowest BCUT2D eigenvalue weighted by Crippen LogP contribution is -2.40. The van der Waals surface area contributed by atoms with E-state index in [4.69, 9.17) is 4.74 Å². The summed E-state index contributed by atoms with van der Waals surface area (Å²) in [5, 5.41) is 3.42. The number of ether oxygens (including phenoxy) is 1. The molecule has 3 rings (SSSR count). The molecule has 2 atom stereocenters. The third-order valence-electron chi connectivity index (χ3n) is 5.14. The van der Waals surface area contributed by atoms with Crippen LogP contribution in [-0.4, -0.2) is 60.3 Å². The predicted molar refractivity (Wildman–Crippen MR) is 83.7 cm³/mol. The molecule has 22 heavy (non-hydrogen) atoms. The van der Waals surface area contributed by atoms with Crippen LogP contribution in [0, 0.1) is 5.41 Å². The topological polar surface area (TPSA) is 59.4 Å². The van der Waals surface area contributed by atoms with Crippen molar-refractivity contribution in [3.63, 3.8) is 0 Å². The molecular weight excluding hydrogens is 280 g/mol. The van der Waals surface area contributed by atoms with Gasteiger partial charge in [0.25, 0.3) is 0 Å². The third kappa shape index (κ3) is 2.44. The highest BCUT2D eigenvalue weighted by Crippen LogP contribution is 2.46. The minimum absolute atomic E-state index is 0.174. The largest absolute Gasteiger partial charge is 0.383 e. The van der Waals surface area contributed by atoms with E-state index in [2.05, 4.69) is 34.9 Å². The number of hydrogen-bond donors (Lipinski definition) is 1. The van der Waals surface area contributed by atoms with Crippen molar-refractivity contribution in [1.82, 2.24) is 19.8 Å². The smallest absolute Gasteiger partial charge is 0.230 e. The third-order valence-corrected chi connectivity index (χ3v) is 5.14. The standard InChI is InChI=1S/C16H26N4O2/c1-12(2)20-9-14(18-11-20)13-8-17-10-16(13)4-5-19(15(16)21)6-7-22-3/h9,11-13,17H,4-8,10H2,1-3H3/t13-,16+/m0/s1. The van der Waals surface area contributed by atoms with Gasteiger partial charge in [-0.25, -0.2) is 4.98 Å². The van der Waals surface area contributed by atoms with Gasteiger partial charge in [-0.1, -0.05) is 0 Å². The van der Waals surface area contributed by atoms with Gasteiger partial charge in [-0.3, -0.25) is 4.79 Å². The fourth-order valence-electron chi connectivity index (χ4n) is 3.72. The van der Waals surface area contributed by atoms with Gasteiger partial charge in [0, 0.05) is 51.4 Å². The number of nitrogens with zero attached hydrogens (tertiary/aromatic N) is 3. The minimum Gasteiger partial charge on any atom is -0.383 e. The number of rotatable bonds is 5. The zero-order chi connectivity index (χ0) is 15.7. The van der Waals surface area contributed by atoms with E-state index in [1.54, 1.807) is 7.11 Å². The van der Waals surface area contributed by atoms with Crippen LogP contribution in [0.2, 0.25) is 0 Å². The summed E-state index contributed by atoms with van der Waals surface area (Å²) in [5.41, 5.74) is 0.727. The molecule has 6 nitrogen and oxygen atoms in total. The number of methoxy groups -OCH3 is 1. The number of imidazole rings is 1. The molecule has 0 bridgehead atoms. The van der Waals surface area contributed by atoms with Crippen molar-refractivity contribution in [2.45, 2.75) is 32.2 Å². The number of carbonyl (C=O) groups excluding carboxylic acids is 1. The van der Waals surface area contributed by atoms with E-state index < -0.39 is 0 Å². The molecular formula is C16H26N4O2. The maximum Gasteiger partial charge on any atom is 0.230 e. The molecule has 1 spiro atoms. The molecule has 2 aliphatic heterocycles. The lowest BCUT2D eigenvalue weighted by molar-refractivity contribution is -0.136. The number of carbonyl (C=O) groups is 1. The Morgan fingerprint density at radius 1 is 1.55 bits per heavy atom. The average Bonchev–Trinajstić information content (AvgIpc) is 3.19. The summed E-state index contributed by atoms with van der Waals surface area (Å²) in [5.74, 6) is 0.436. The van der Waals surface area contributed by atoms with Crippen LogP contribution in [0.3, 0.4) is 0 Å². The molecule has 1 aromatic heterocycles. The van der Waals surface area contributed by atoms with Crippen LogP contribution in [-0.2, 0) is 9.53 Å². The van der Waals surface area contributed by atoms with Crippen molar-refractivity contribution in [1.29, 1.82) is 0 Å². The highest BCUT2D eigenvalue weighted by Gasteiger charge is 2.55. The van der Waals surface area contributed by atoms with E-state index in [1.807, 2.05) is 11.2 Å². The Kier molecular flexibility index (Phi) is 4.23. The van der Waals surface area contributed by atoms with Crippen LogP contribution < -0.4 is 5.32 Å². The molecule has 2 fully saturated rings. The Morgan fingerprint density at radius 2 is 2.36 bits per heavy atom. The fourth-order valence-corrected chi connectivity index (χ4v) is 3.72. The molecule has 0 saturated carbocycles. The Hall–Kier alpha value is -1.40. The summed E-state index contributed by atoms with van der Waals surface area (Å²) in [7, 11) is 1.68. The van der Waals surface area contributed by atoms with Crippen LogP contribution in [0.15, 0.2) is 12.5 Å². The molecule has 3 heterocycles. The molecule has 2 aliphatic rings. The Morgan fingerprint density at radius 3 is 3.05 bits per heavy atom. The second kappa shape index (κ2) is 6.01. The summed E-state index contributed by atoms with van der Waals surface area (Å²) >= 11 is 0. The monoisotopic (exact) mass is 306 g/mol. The van der Waals surface area contributed by atoms with E-state index in [0.717, 1.165) is 31.7 Å². The van der Waals surface area contributed by atoms with Crippen molar-refractivity contribution in [2.75, 3.05) is 39.9 Å². The summed E-state index contributed by atoms with van der Waals surface area (Å²) in [6.07, 6.45) is 4.89. The first-order valence-corrected chi connectivity index (χ1v) is 8.11.